The summed E-state index contributed by atoms with van der Waals surface area (Å²) < 4.78 is 0. The molecule has 0 aliphatic rings. The van der Waals surface area contributed by atoms with Crippen molar-refractivity contribution >= 4 is 23.3 Å². The number of aliphatic hydroxyl groups is 1. The van der Waals surface area contributed by atoms with Crippen LogP contribution in [0.25, 0.3) is 0 Å². The maximum Gasteiger partial charge on any atom is 0.319 e. The molecule has 0 radical (unpaired) electrons. The zero-order chi connectivity index (χ0) is 12.8. The second-order valence-corrected chi connectivity index (χ2v) is 4.53. The van der Waals surface area contributed by atoms with Crippen LogP contribution < -0.4 is 10.6 Å². The first-order chi connectivity index (χ1) is 7.97. The summed E-state index contributed by atoms with van der Waals surface area (Å²) in [5, 5.41) is 15.2. The fourth-order valence-corrected chi connectivity index (χ4v) is 1.62. The fraction of sp³-hybridized carbons (Fsp3) is 0.417. The van der Waals surface area contributed by atoms with Crippen LogP contribution in [0.5, 0.6) is 0 Å². The van der Waals surface area contributed by atoms with Crippen molar-refractivity contribution in [3.05, 3.63) is 29.3 Å². The monoisotopic (exact) mass is 256 g/mol. The smallest absolute Gasteiger partial charge is 0.319 e. The average molecular weight is 257 g/mol. The van der Waals surface area contributed by atoms with E-state index in [0.717, 1.165) is 0 Å². The SMILES string of the molecule is CC(O)CC(C)NC(=O)Nc1ccc(Cl)cc1. The summed E-state index contributed by atoms with van der Waals surface area (Å²) in [6, 6.07) is 6.48. The Morgan fingerprint density at radius 3 is 2.47 bits per heavy atom. The molecule has 4 nitrogen and oxygen atoms in total. The van der Waals surface area contributed by atoms with E-state index in [4.69, 9.17) is 16.7 Å². The Hall–Kier alpha value is -1.26. The predicted molar refractivity (Wildman–Crippen MR) is 69.4 cm³/mol. The third-order valence-electron chi connectivity index (χ3n) is 2.17. The molecule has 0 bridgehead atoms. The van der Waals surface area contributed by atoms with E-state index in [0.29, 0.717) is 17.1 Å². The average Bonchev–Trinajstić information content (AvgIpc) is 2.19. The fourth-order valence-electron chi connectivity index (χ4n) is 1.49. The Morgan fingerprint density at radius 1 is 1.35 bits per heavy atom. The number of carbonyl (C=O) groups is 1. The minimum absolute atomic E-state index is 0.0812. The molecule has 3 N–H and O–H groups in total. The second kappa shape index (κ2) is 6.47. The van der Waals surface area contributed by atoms with Gasteiger partial charge in [-0.25, -0.2) is 4.79 Å². The van der Waals surface area contributed by atoms with E-state index >= 15 is 0 Å². The molecule has 94 valence electrons. The molecular weight excluding hydrogens is 240 g/mol. The van der Waals surface area contributed by atoms with Gasteiger partial charge in [0.25, 0.3) is 0 Å². The molecular formula is C12H17ClN2O2. The number of hydrogen-bond donors (Lipinski definition) is 3. The van der Waals surface area contributed by atoms with Crippen LogP contribution in [-0.2, 0) is 0 Å². The van der Waals surface area contributed by atoms with Crippen molar-refractivity contribution in [3.8, 4) is 0 Å². The van der Waals surface area contributed by atoms with Crippen LogP contribution in [0.4, 0.5) is 10.5 Å². The first kappa shape index (κ1) is 13.8. The number of nitrogens with one attached hydrogen (secondary N) is 2. The van der Waals surface area contributed by atoms with E-state index in [1.807, 2.05) is 6.92 Å². The van der Waals surface area contributed by atoms with Gasteiger partial charge < -0.3 is 15.7 Å². The molecule has 0 spiro atoms. The highest BCUT2D eigenvalue weighted by Crippen LogP contribution is 2.13. The van der Waals surface area contributed by atoms with Gasteiger partial charge in [0.05, 0.1) is 6.10 Å². The molecule has 0 heterocycles. The van der Waals surface area contributed by atoms with Crippen LogP contribution >= 0.6 is 11.6 Å². The standard InChI is InChI=1S/C12H17ClN2O2/c1-8(7-9(2)16)14-12(17)15-11-5-3-10(13)4-6-11/h3-6,8-9,16H,7H2,1-2H3,(H2,14,15,17). The van der Waals surface area contributed by atoms with Crippen LogP contribution in [0, 0.1) is 0 Å². The van der Waals surface area contributed by atoms with Gasteiger partial charge in [0.15, 0.2) is 0 Å². The second-order valence-electron chi connectivity index (χ2n) is 4.09. The zero-order valence-electron chi connectivity index (χ0n) is 9.90. The third-order valence-corrected chi connectivity index (χ3v) is 2.43. The molecule has 1 aromatic carbocycles. The number of hydrogen-bond acceptors (Lipinski definition) is 2. The zero-order valence-corrected chi connectivity index (χ0v) is 10.7. The number of aliphatic hydroxyl groups excluding tert-OH is 1. The van der Waals surface area contributed by atoms with Crippen LogP contribution in [0.2, 0.25) is 5.02 Å². The highest BCUT2D eigenvalue weighted by molar-refractivity contribution is 6.30. The van der Waals surface area contributed by atoms with Crippen LogP contribution in [0.1, 0.15) is 20.3 Å². The van der Waals surface area contributed by atoms with E-state index in [1.165, 1.54) is 0 Å². The van der Waals surface area contributed by atoms with Crippen LogP contribution in [0.3, 0.4) is 0 Å². The van der Waals surface area contributed by atoms with Crippen LogP contribution in [0.15, 0.2) is 24.3 Å². The van der Waals surface area contributed by atoms with E-state index in [9.17, 15) is 4.79 Å². The molecule has 0 fully saturated rings. The number of halogens is 1. The third kappa shape index (κ3) is 5.56. The lowest BCUT2D eigenvalue weighted by Gasteiger charge is -2.15. The van der Waals surface area contributed by atoms with Crippen molar-refractivity contribution in [2.24, 2.45) is 0 Å². The van der Waals surface area contributed by atoms with Crippen molar-refractivity contribution in [3.63, 3.8) is 0 Å². The molecule has 17 heavy (non-hydrogen) atoms. The number of carbonyl (C=O) groups excluding carboxylic acids is 1. The van der Waals surface area contributed by atoms with Gasteiger partial charge in [0.2, 0.25) is 0 Å². The molecule has 0 aromatic heterocycles. The number of amides is 2. The molecule has 0 aliphatic carbocycles. The van der Waals surface area contributed by atoms with E-state index in [2.05, 4.69) is 10.6 Å². The van der Waals surface area contributed by atoms with E-state index < -0.39 is 6.10 Å². The first-order valence-electron chi connectivity index (χ1n) is 5.48. The van der Waals surface area contributed by atoms with Gasteiger partial charge in [0, 0.05) is 16.8 Å². The van der Waals surface area contributed by atoms with Crippen LogP contribution in [-0.4, -0.2) is 23.3 Å². The summed E-state index contributed by atoms with van der Waals surface area (Å²) >= 11 is 5.73. The largest absolute Gasteiger partial charge is 0.393 e. The van der Waals surface area contributed by atoms with Crippen molar-refractivity contribution in [1.29, 1.82) is 0 Å². The minimum Gasteiger partial charge on any atom is -0.393 e. The highest BCUT2D eigenvalue weighted by atomic mass is 35.5. The van der Waals surface area contributed by atoms with Crippen molar-refractivity contribution in [2.45, 2.75) is 32.4 Å². The van der Waals surface area contributed by atoms with Gasteiger partial charge in [-0.3, -0.25) is 0 Å². The van der Waals surface area contributed by atoms with Gasteiger partial charge in [-0.1, -0.05) is 11.6 Å². The summed E-state index contributed by atoms with van der Waals surface area (Å²) in [5.74, 6) is 0. The van der Waals surface area contributed by atoms with Gasteiger partial charge >= 0.3 is 6.03 Å². The maximum atomic E-state index is 11.6. The Labute approximate surface area is 106 Å². The van der Waals surface area contributed by atoms with Gasteiger partial charge in [0.1, 0.15) is 0 Å². The predicted octanol–water partition coefficient (Wildman–Crippen LogP) is 2.62. The van der Waals surface area contributed by atoms with E-state index in [-0.39, 0.29) is 12.1 Å². The summed E-state index contributed by atoms with van der Waals surface area (Å²) in [5.41, 5.74) is 0.677. The highest BCUT2D eigenvalue weighted by Gasteiger charge is 2.09. The maximum absolute atomic E-state index is 11.6. The number of urea groups is 1. The molecule has 2 amide bonds. The van der Waals surface area contributed by atoms with Crippen molar-refractivity contribution in [2.75, 3.05) is 5.32 Å². The minimum atomic E-state index is -0.430. The lowest BCUT2D eigenvalue weighted by Crippen LogP contribution is -2.37. The molecule has 0 saturated carbocycles. The van der Waals surface area contributed by atoms with Gasteiger partial charge in [-0.2, -0.15) is 0 Å². The quantitative estimate of drug-likeness (QED) is 0.776. The Bertz CT molecular complexity index is 365. The lowest BCUT2D eigenvalue weighted by atomic mass is 10.2. The topological polar surface area (TPSA) is 61.4 Å². The van der Waals surface area contributed by atoms with E-state index in [1.54, 1.807) is 31.2 Å². The van der Waals surface area contributed by atoms with Crippen molar-refractivity contribution < 1.29 is 9.90 Å². The molecule has 2 atom stereocenters. The Morgan fingerprint density at radius 2 is 1.94 bits per heavy atom. The summed E-state index contributed by atoms with van der Waals surface area (Å²) in [4.78, 5) is 11.6. The normalized spacial score (nSPS) is 13.9. The number of rotatable bonds is 4. The molecule has 1 rings (SSSR count). The summed E-state index contributed by atoms with van der Waals surface area (Å²) in [6.45, 7) is 3.53. The molecule has 0 saturated heterocycles. The van der Waals surface area contributed by atoms with Gasteiger partial charge in [-0.05, 0) is 44.5 Å². The van der Waals surface area contributed by atoms with Crippen molar-refractivity contribution in [1.82, 2.24) is 5.32 Å². The number of benzene rings is 1. The molecule has 0 aliphatic heterocycles. The Kier molecular flexibility index (Phi) is 5.25. The number of anilines is 1. The summed E-state index contributed by atoms with van der Waals surface area (Å²) in [7, 11) is 0. The molecule has 2 unspecified atom stereocenters. The Balaban J connectivity index is 2.41. The lowest BCUT2D eigenvalue weighted by molar-refractivity contribution is 0.171. The molecule has 1 aromatic rings. The first-order valence-corrected chi connectivity index (χ1v) is 5.86. The summed E-state index contributed by atoms with van der Waals surface area (Å²) in [6.07, 6.45) is 0.0921. The van der Waals surface area contributed by atoms with Gasteiger partial charge in [-0.15, -0.1) is 0 Å². The molecule has 5 heteroatoms.